The second-order valence-electron chi connectivity index (χ2n) is 4.18. The number of halogens is 3. The summed E-state index contributed by atoms with van der Waals surface area (Å²) < 4.78 is 42.0. The fourth-order valence-electron chi connectivity index (χ4n) is 1.37. The van der Waals surface area contributed by atoms with Crippen molar-refractivity contribution in [3.05, 3.63) is 30.9 Å². The van der Waals surface area contributed by atoms with Crippen molar-refractivity contribution in [2.75, 3.05) is 7.11 Å². The molecule has 0 aliphatic carbocycles. The number of carbonyl (C=O) groups excluding carboxylic acids is 2. The first kappa shape index (κ1) is 19.5. The van der Waals surface area contributed by atoms with E-state index in [0.29, 0.717) is 13.0 Å². The SMILES string of the molecule is COC(=O)CC[n+]1ccc(-c2ncns2)cc1.O=C([O-])C(F)(F)F. The molecule has 2 aromatic heterocycles. The van der Waals surface area contributed by atoms with Crippen LogP contribution >= 0.6 is 11.5 Å². The van der Waals surface area contributed by atoms with Crippen LogP contribution in [0.3, 0.4) is 0 Å². The first-order valence-electron chi connectivity index (χ1n) is 6.35. The van der Waals surface area contributed by atoms with Gasteiger partial charge < -0.3 is 14.6 Å². The number of hydrogen-bond donors (Lipinski definition) is 0. The molecule has 7 nitrogen and oxygen atoms in total. The van der Waals surface area contributed by atoms with Crippen molar-refractivity contribution in [1.29, 1.82) is 0 Å². The molecule has 24 heavy (non-hydrogen) atoms. The van der Waals surface area contributed by atoms with E-state index in [1.165, 1.54) is 25.0 Å². The predicted octanol–water partition coefficient (Wildman–Crippen LogP) is 0.354. The molecule has 2 rings (SSSR count). The Balaban J connectivity index is 0.000000351. The summed E-state index contributed by atoms with van der Waals surface area (Å²) in [6, 6.07) is 3.91. The quantitative estimate of drug-likeness (QED) is 0.575. The van der Waals surface area contributed by atoms with E-state index < -0.39 is 12.1 Å². The van der Waals surface area contributed by atoms with Crippen LogP contribution in [-0.2, 0) is 20.9 Å². The van der Waals surface area contributed by atoms with Crippen LogP contribution in [0.15, 0.2) is 30.9 Å². The normalized spacial score (nSPS) is 10.5. The van der Waals surface area contributed by atoms with Crippen LogP contribution in [0.4, 0.5) is 13.2 Å². The molecule has 0 N–H and O–H groups in total. The molecule has 0 spiro atoms. The Kier molecular flexibility index (Phi) is 7.24. The highest BCUT2D eigenvalue weighted by molar-refractivity contribution is 7.09. The van der Waals surface area contributed by atoms with Crippen LogP contribution in [0.2, 0.25) is 0 Å². The minimum Gasteiger partial charge on any atom is -0.542 e. The number of rotatable bonds is 4. The minimum atomic E-state index is -5.19. The van der Waals surface area contributed by atoms with Crippen LogP contribution in [0.25, 0.3) is 10.6 Å². The lowest BCUT2D eigenvalue weighted by Crippen LogP contribution is -2.37. The number of methoxy groups -OCH3 is 1. The van der Waals surface area contributed by atoms with Crippen molar-refractivity contribution in [2.45, 2.75) is 19.1 Å². The Bertz CT molecular complexity index is 660. The molecule has 0 saturated carbocycles. The van der Waals surface area contributed by atoms with Crippen LogP contribution in [0.1, 0.15) is 6.42 Å². The van der Waals surface area contributed by atoms with E-state index in [1.54, 1.807) is 0 Å². The summed E-state index contributed by atoms with van der Waals surface area (Å²) in [5.74, 6) is -3.21. The van der Waals surface area contributed by atoms with Gasteiger partial charge in [-0.25, -0.2) is 9.55 Å². The van der Waals surface area contributed by atoms with E-state index in [1.807, 2.05) is 29.1 Å². The molecule has 0 saturated heterocycles. The number of aliphatic carboxylic acids is 1. The fourth-order valence-corrected chi connectivity index (χ4v) is 1.90. The van der Waals surface area contributed by atoms with Gasteiger partial charge in [-0.2, -0.15) is 17.5 Å². The van der Waals surface area contributed by atoms with Crippen molar-refractivity contribution < 1.29 is 37.2 Å². The van der Waals surface area contributed by atoms with Gasteiger partial charge >= 0.3 is 12.1 Å². The molecular formula is C13H12F3N3O4S. The van der Waals surface area contributed by atoms with Gasteiger partial charge in [-0.1, -0.05) is 0 Å². The standard InChI is InChI=1S/C11H12N3O2S.C2HF3O2/c1-16-10(15)4-7-14-5-2-9(3-6-14)11-12-8-13-17-11;3-2(4,5)1(6)7/h2-3,5-6,8H,4,7H2,1H3;(H,6,7)/q+1;/p-1. The Hall–Kier alpha value is -2.56. The van der Waals surface area contributed by atoms with Gasteiger partial charge in [-0.15, -0.1) is 0 Å². The number of pyridine rings is 1. The first-order chi connectivity index (χ1) is 11.2. The maximum absolute atomic E-state index is 11.0. The van der Waals surface area contributed by atoms with Crippen molar-refractivity contribution in [2.24, 2.45) is 0 Å². The summed E-state index contributed by atoms with van der Waals surface area (Å²) in [6.45, 7) is 0.614. The Labute approximate surface area is 138 Å². The van der Waals surface area contributed by atoms with Gasteiger partial charge in [0.1, 0.15) is 23.7 Å². The molecule has 0 amide bonds. The number of hydrogen-bond acceptors (Lipinski definition) is 7. The second-order valence-corrected chi connectivity index (χ2v) is 4.96. The van der Waals surface area contributed by atoms with Crippen molar-refractivity contribution >= 4 is 23.5 Å². The van der Waals surface area contributed by atoms with Crippen molar-refractivity contribution in [1.82, 2.24) is 9.36 Å². The van der Waals surface area contributed by atoms with Crippen LogP contribution < -0.4 is 9.67 Å². The van der Waals surface area contributed by atoms with Gasteiger partial charge in [-0.3, -0.25) is 4.79 Å². The molecule has 0 bridgehead atoms. The fraction of sp³-hybridized carbons (Fsp3) is 0.308. The number of nitrogens with zero attached hydrogens (tertiary/aromatic N) is 3. The van der Waals surface area contributed by atoms with E-state index in [9.17, 15) is 18.0 Å². The van der Waals surface area contributed by atoms with E-state index in [4.69, 9.17) is 9.90 Å². The largest absolute Gasteiger partial charge is 0.542 e. The van der Waals surface area contributed by atoms with Crippen molar-refractivity contribution in [3.8, 4) is 10.6 Å². The van der Waals surface area contributed by atoms with Gasteiger partial charge in [0.15, 0.2) is 18.9 Å². The van der Waals surface area contributed by atoms with Crippen LogP contribution in [0, 0.1) is 0 Å². The maximum atomic E-state index is 11.0. The van der Waals surface area contributed by atoms with E-state index >= 15 is 0 Å². The summed E-state index contributed by atoms with van der Waals surface area (Å²) >= 11 is 1.36. The molecule has 0 atom stereocenters. The molecule has 0 aliphatic heterocycles. The van der Waals surface area contributed by atoms with E-state index in [0.717, 1.165) is 10.6 Å². The number of carbonyl (C=O) groups is 2. The third-order valence-corrected chi connectivity index (χ3v) is 3.25. The molecule has 0 radical (unpaired) electrons. The third-order valence-electron chi connectivity index (χ3n) is 2.53. The lowest BCUT2D eigenvalue weighted by molar-refractivity contribution is -0.695. The van der Waals surface area contributed by atoms with Crippen molar-refractivity contribution in [3.63, 3.8) is 0 Å². The van der Waals surface area contributed by atoms with Gasteiger partial charge in [-0.05, 0) is 11.5 Å². The Morgan fingerprint density at radius 1 is 1.33 bits per heavy atom. The van der Waals surface area contributed by atoms with Crippen LogP contribution in [-0.4, -0.2) is 34.6 Å². The number of alkyl halides is 3. The lowest BCUT2D eigenvalue weighted by Gasteiger charge is -2.03. The molecule has 0 fully saturated rings. The van der Waals surface area contributed by atoms with Crippen LogP contribution in [0.5, 0.6) is 0 Å². The zero-order chi connectivity index (χ0) is 18.2. The number of aryl methyl sites for hydroxylation is 1. The molecule has 2 heterocycles. The summed E-state index contributed by atoms with van der Waals surface area (Å²) in [4.78, 5) is 23.9. The lowest BCUT2D eigenvalue weighted by atomic mass is 10.3. The molecule has 0 aromatic carbocycles. The third kappa shape index (κ3) is 6.69. The molecule has 11 heteroatoms. The van der Waals surface area contributed by atoms with E-state index in [2.05, 4.69) is 14.1 Å². The highest BCUT2D eigenvalue weighted by Gasteiger charge is 2.28. The summed E-state index contributed by atoms with van der Waals surface area (Å²) in [5, 5.41) is 9.68. The van der Waals surface area contributed by atoms with Gasteiger partial charge in [0.2, 0.25) is 0 Å². The highest BCUT2D eigenvalue weighted by Crippen LogP contribution is 2.17. The number of esters is 1. The smallest absolute Gasteiger partial charge is 0.430 e. The molecule has 130 valence electrons. The maximum Gasteiger partial charge on any atom is 0.430 e. The molecule has 0 aliphatic rings. The topological polar surface area (TPSA) is 96.1 Å². The van der Waals surface area contributed by atoms with Gasteiger partial charge in [0.25, 0.3) is 0 Å². The van der Waals surface area contributed by atoms with Gasteiger partial charge in [0.05, 0.1) is 7.11 Å². The number of carboxylic acid groups (broad SMARTS) is 1. The minimum absolute atomic E-state index is 0.203. The van der Waals surface area contributed by atoms with E-state index in [-0.39, 0.29) is 5.97 Å². The number of ether oxygens (including phenoxy) is 1. The number of aromatic nitrogens is 3. The summed E-state index contributed by atoms with van der Waals surface area (Å²) in [5.41, 5.74) is 1.03. The molecule has 2 aromatic rings. The molecular weight excluding hydrogens is 351 g/mol. The zero-order valence-corrected chi connectivity index (χ0v) is 13.1. The monoisotopic (exact) mass is 363 g/mol. The second kappa shape index (κ2) is 8.91. The first-order valence-corrected chi connectivity index (χ1v) is 7.12. The Morgan fingerprint density at radius 3 is 2.33 bits per heavy atom. The highest BCUT2D eigenvalue weighted by atomic mass is 32.1. The predicted molar refractivity (Wildman–Crippen MR) is 73.2 cm³/mol. The summed E-state index contributed by atoms with van der Waals surface area (Å²) in [6.07, 6.45) is 0.553. The molecule has 0 unspecified atom stereocenters. The zero-order valence-electron chi connectivity index (χ0n) is 12.3. The number of carboxylic acids is 1. The van der Waals surface area contributed by atoms with Gasteiger partial charge in [0, 0.05) is 17.7 Å². The average Bonchev–Trinajstić information content (AvgIpc) is 3.07. The average molecular weight is 363 g/mol. The summed E-state index contributed by atoms with van der Waals surface area (Å²) in [7, 11) is 1.39. The Morgan fingerprint density at radius 2 is 1.92 bits per heavy atom.